The first-order chi connectivity index (χ1) is 10.3. The molecule has 0 saturated carbocycles. The maximum Gasteiger partial charge on any atom is 0.338 e. The van der Waals surface area contributed by atoms with E-state index in [1.807, 2.05) is 13.8 Å². The number of nitro groups is 1. The maximum absolute atomic E-state index is 11.8. The molecule has 1 aromatic rings. The number of amides is 1. The molecule has 1 amide bonds. The molecular weight excluding hydrogens is 356 g/mol. The second-order valence-electron chi connectivity index (χ2n) is 5.03. The Bertz CT molecular complexity index is 574. The number of rotatable bonds is 7. The van der Waals surface area contributed by atoms with Gasteiger partial charge in [0.25, 0.3) is 11.6 Å². The molecule has 1 N–H and O–H groups in total. The topological polar surface area (TPSA) is 98.5 Å². The normalized spacial score (nSPS) is 10.4. The molecule has 0 atom stereocenters. The molecule has 0 unspecified atom stereocenters. The van der Waals surface area contributed by atoms with Crippen LogP contribution in [0.2, 0.25) is 0 Å². The summed E-state index contributed by atoms with van der Waals surface area (Å²) in [5, 5.41) is 13.4. The predicted molar refractivity (Wildman–Crippen MR) is 83.5 cm³/mol. The average molecular weight is 373 g/mol. The second-order valence-corrected chi connectivity index (χ2v) is 5.89. The van der Waals surface area contributed by atoms with Crippen molar-refractivity contribution in [3.05, 3.63) is 38.3 Å². The summed E-state index contributed by atoms with van der Waals surface area (Å²) in [6, 6.07) is 3.87. The third kappa shape index (κ3) is 5.80. The largest absolute Gasteiger partial charge is 0.452 e. The quantitative estimate of drug-likeness (QED) is 0.450. The maximum atomic E-state index is 11.8. The zero-order valence-electron chi connectivity index (χ0n) is 12.3. The third-order valence-corrected chi connectivity index (χ3v) is 3.43. The van der Waals surface area contributed by atoms with Gasteiger partial charge >= 0.3 is 5.97 Å². The number of carbonyl (C=O) groups is 2. The summed E-state index contributed by atoms with van der Waals surface area (Å²) < 4.78 is 5.10. The Hall–Kier alpha value is -1.96. The standard InChI is InChI=1S/C14H17BrN2O5/c1-9(2)5-6-16-13(18)8-22-14(19)10-3-4-11(15)12(7-10)17(20)21/h3-4,7,9H,5-6,8H2,1-2H3,(H,16,18). The van der Waals surface area contributed by atoms with E-state index in [1.165, 1.54) is 12.1 Å². The van der Waals surface area contributed by atoms with Gasteiger partial charge in [0.2, 0.25) is 0 Å². The van der Waals surface area contributed by atoms with Crippen molar-refractivity contribution in [1.82, 2.24) is 5.32 Å². The van der Waals surface area contributed by atoms with Gasteiger partial charge < -0.3 is 10.1 Å². The summed E-state index contributed by atoms with van der Waals surface area (Å²) in [6.07, 6.45) is 0.832. The van der Waals surface area contributed by atoms with Crippen molar-refractivity contribution < 1.29 is 19.2 Å². The fraction of sp³-hybridized carbons (Fsp3) is 0.429. The molecule has 1 rings (SSSR count). The number of ether oxygens (including phenoxy) is 1. The fourth-order valence-electron chi connectivity index (χ4n) is 1.55. The smallest absolute Gasteiger partial charge is 0.338 e. The third-order valence-electron chi connectivity index (χ3n) is 2.76. The zero-order valence-corrected chi connectivity index (χ0v) is 13.9. The lowest BCUT2D eigenvalue weighted by molar-refractivity contribution is -0.385. The Kier molecular flexibility index (Phi) is 6.97. The van der Waals surface area contributed by atoms with E-state index in [0.717, 1.165) is 12.5 Å². The number of nitrogens with one attached hydrogen (secondary N) is 1. The van der Waals surface area contributed by atoms with E-state index in [2.05, 4.69) is 21.2 Å². The molecule has 0 aliphatic carbocycles. The van der Waals surface area contributed by atoms with Gasteiger partial charge in [-0.3, -0.25) is 14.9 Å². The van der Waals surface area contributed by atoms with E-state index in [9.17, 15) is 19.7 Å². The van der Waals surface area contributed by atoms with Crippen LogP contribution in [0.3, 0.4) is 0 Å². The molecule has 0 aliphatic heterocycles. The number of benzene rings is 1. The molecule has 0 bridgehead atoms. The van der Waals surface area contributed by atoms with Crippen LogP contribution in [0.15, 0.2) is 22.7 Å². The summed E-state index contributed by atoms with van der Waals surface area (Å²) in [7, 11) is 0. The first kappa shape index (κ1) is 18.1. The van der Waals surface area contributed by atoms with Gasteiger partial charge in [0, 0.05) is 12.6 Å². The molecule has 0 aliphatic rings. The highest BCUT2D eigenvalue weighted by atomic mass is 79.9. The lowest BCUT2D eigenvalue weighted by Gasteiger charge is -2.08. The van der Waals surface area contributed by atoms with Crippen LogP contribution in [0, 0.1) is 16.0 Å². The van der Waals surface area contributed by atoms with Gasteiger partial charge in [0.05, 0.1) is 15.0 Å². The van der Waals surface area contributed by atoms with Gasteiger partial charge in [-0.05, 0) is 40.4 Å². The highest BCUT2D eigenvalue weighted by Gasteiger charge is 2.17. The SMILES string of the molecule is CC(C)CCNC(=O)COC(=O)c1ccc(Br)c([N+](=O)[O-])c1. The number of carbonyl (C=O) groups excluding carboxylic acids is 2. The van der Waals surface area contributed by atoms with Gasteiger partial charge in [-0.1, -0.05) is 13.8 Å². The number of hydrogen-bond acceptors (Lipinski definition) is 5. The van der Waals surface area contributed by atoms with E-state index < -0.39 is 23.4 Å². The molecule has 0 heterocycles. The van der Waals surface area contributed by atoms with E-state index >= 15 is 0 Å². The molecule has 7 nitrogen and oxygen atoms in total. The Balaban J connectivity index is 2.54. The Morgan fingerprint density at radius 1 is 1.41 bits per heavy atom. The lowest BCUT2D eigenvalue weighted by atomic mass is 10.1. The highest BCUT2D eigenvalue weighted by molar-refractivity contribution is 9.10. The molecular formula is C14H17BrN2O5. The van der Waals surface area contributed by atoms with Crippen molar-refractivity contribution in [3.8, 4) is 0 Å². The monoisotopic (exact) mass is 372 g/mol. The van der Waals surface area contributed by atoms with Crippen LogP contribution >= 0.6 is 15.9 Å². The minimum atomic E-state index is -0.783. The second kappa shape index (κ2) is 8.47. The van der Waals surface area contributed by atoms with Crippen LogP contribution in [0.25, 0.3) is 0 Å². The number of esters is 1. The van der Waals surface area contributed by atoms with Crippen molar-refractivity contribution in [2.45, 2.75) is 20.3 Å². The first-order valence-corrected chi connectivity index (χ1v) is 7.48. The Morgan fingerprint density at radius 2 is 2.09 bits per heavy atom. The summed E-state index contributed by atoms with van der Waals surface area (Å²) >= 11 is 3.02. The van der Waals surface area contributed by atoms with Crippen LogP contribution < -0.4 is 5.32 Å². The van der Waals surface area contributed by atoms with Crippen molar-refractivity contribution in [1.29, 1.82) is 0 Å². The van der Waals surface area contributed by atoms with E-state index in [1.54, 1.807) is 0 Å². The van der Waals surface area contributed by atoms with Crippen molar-refractivity contribution in [2.24, 2.45) is 5.92 Å². The molecule has 8 heteroatoms. The van der Waals surface area contributed by atoms with Crippen LogP contribution in [0.1, 0.15) is 30.6 Å². The van der Waals surface area contributed by atoms with E-state index in [-0.39, 0.29) is 15.7 Å². The molecule has 0 radical (unpaired) electrons. The minimum absolute atomic E-state index is 0.0184. The number of halogens is 1. The van der Waals surface area contributed by atoms with Gasteiger partial charge in [-0.25, -0.2) is 4.79 Å². The van der Waals surface area contributed by atoms with Crippen LogP contribution in [0.5, 0.6) is 0 Å². The molecule has 0 fully saturated rings. The van der Waals surface area contributed by atoms with Crippen LogP contribution in [0.4, 0.5) is 5.69 Å². The average Bonchev–Trinajstić information content (AvgIpc) is 2.44. The summed E-state index contributed by atoms with van der Waals surface area (Å²) in [4.78, 5) is 33.4. The first-order valence-electron chi connectivity index (χ1n) is 6.69. The van der Waals surface area contributed by atoms with Gasteiger partial charge in [-0.2, -0.15) is 0 Å². The number of nitro benzene ring substituents is 1. The summed E-state index contributed by atoms with van der Waals surface area (Å²) in [5.74, 6) is -0.721. The van der Waals surface area contributed by atoms with Crippen molar-refractivity contribution in [2.75, 3.05) is 13.2 Å². The Morgan fingerprint density at radius 3 is 2.68 bits per heavy atom. The zero-order chi connectivity index (χ0) is 16.7. The van der Waals surface area contributed by atoms with Crippen molar-refractivity contribution in [3.63, 3.8) is 0 Å². The number of hydrogen-bond donors (Lipinski definition) is 1. The predicted octanol–water partition coefficient (Wildman–Crippen LogP) is 2.68. The minimum Gasteiger partial charge on any atom is -0.452 e. The van der Waals surface area contributed by atoms with E-state index in [0.29, 0.717) is 12.5 Å². The number of nitrogens with zero attached hydrogens (tertiary/aromatic N) is 1. The molecule has 22 heavy (non-hydrogen) atoms. The van der Waals surface area contributed by atoms with Crippen LogP contribution in [-0.4, -0.2) is 30.0 Å². The summed E-state index contributed by atoms with van der Waals surface area (Å²) in [5.41, 5.74) is -0.222. The molecule has 0 spiro atoms. The van der Waals surface area contributed by atoms with Gasteiger partial charge in [0.15, 0.2) is 6.61 Å². The van der Waals surface area contributed by atoms with E-state index in [4.69, 9.17) is 4.74 Å². The lowest BCUT2D eigenvalue weighted by Crippen LogP contribution is -2.30. The molecule has 1 aromatic carbocycles. The fourth-order valence-corrected chi connectivity index (χ4v) is 1.94. The summed E-state index contributed by atoms with van der Waals surface area (Å²) in [6.45, 7) is 4.16. The van der Waals surface area contributed by atoms with Gasteiger partial charge in [-0.15, -0.1) is 0 Å². The van der Waals surface area contributed by atoms with Gasteiger partial charge in [0.1, 0.15) is 0 Å². The van der Waals surface area contributed by atoms with Crippen molar-refractivity contribution >= 4 is 33.5 Å². The highest BCUT2D eigenvalue weighted by Crippen LogP contribution is 2.25. The van der Waals surface area contributed by atoms with Crippen LogP contribution in [-0.2, 0) is 9.53 Å². The molecule has 0 saturated heterocycles. The Labute approximate surface area is 136 Å². The molecule has 0 aromatic heterocycles. The molecule has 120 valence electrons.